The van der Waals surface area contributed by atoms with Crippen LogP contribution in [0.3, 0.4) is 0 Å². The van der Waals surface area contributed by atoms with Crippen molar-refractivity contribution < 1.29 is 96.5 Å². The molecule has 5 amide bonds. The molecule has 0 aliphatic heterocycles. The highest BCUT2D eigenvalue weighted by atomic mass is 16.5. The number of ether oxygens (including phenoxy) is 11. The minimum Gasteiger partial charge on any atom is -0.396 e. The van der Waals surface area contributed by atoms with Gasteiger partial charge >= 0.3 is 0 Å². The van der Waals surface area contributed by atoms with Crippen LogP contribution in [0.25, 0.3) is 0 Å². The van der Waals surface area contributed by atoms with Crippen molar-refractivity contribution in [3.63, 3.8) is 0 Å². The van der Waals surface area contributed by atoms with E-state index in [1.54, 1.807) is 0 Å². The number of nitrogens with one attached hydrogen (secondary N) is 7. The zero-order chi connectivity index (χ0) is 96.9. The summed E-state index contributed by atoms with van der Waals surface area (Å²) >= 11 is 0. The van der Waals surface area contributed by atoms with Gasteiger partial charge in [-0.1, -0.05) is 88.0 Å². The minimum atomic E-state index is -0.391. The van der Waals surface area contributed by atoms with Crippen LogP contribution in [0.15, 0.2) is 0 Å². The van der Waals surface area contributed by atoms with Crippen LogP contribution in [0.2, 0.25) is 0 Å². The molecule has 27 heteroatoms. The minimum absolute atomic E-state index is 0.0168. The van der Waals surface area contributed by atoms with Gasteiger partial charge in [0.05, 0.1) is 118 Å². The van der Waals surface area contributed by atoms with Gasteiger partial charge in [-0.25, -0.2) is 0 Å². The second kappa shape index (κ2) is 67.8. The van der Waals surface area contributed by atoms with Gasteiger partial charge in [-0.2, -0.15) is 0 Å². The Hall–Kier alpha value is -3.33. The fraction of sp³-hybridized carbons (Fsp3) is 0.948. The summed E-state index contributed by atoms with van der Waals surface area (Å²) in [5, 5.41) is 59.1. The number of amides is 5. The molecule has 124 heavy (non-hydrogen) atoms. The molecule has 0 spiro atoms. The van der Waals surface area contributed by atoms with E-state index in [-0.39, 0.29) is 152 Å². The number of aliphatic hydroxyl groups is 4. The highest BCUT2D eigenvalue weighted by Crippen LogP contribution is 2.21. The Labute approximate surface area is 759 Å². The van der Waals surface area contributed by atoms with Gasteiger partial charge in [-0.15, -0.1) is 0 Å². The highest BCUT2D eigenvalue weighted by Gasteiger charge is 2.30. The maximum absolute atomic E-state index is 12.6. The Morgan fingerprint density at radius 2 is 0.484 bits per heavy atom. The Morgan fingerprint density at radius 1 is 0.234 bits per heavy atom. The van der Waals surface area contributed by atoms with Crippen molar-refractivity contribution >= 4 is 29.5 Å². The first-order chi connectivity index (χ1) is 56.5. The normalized spacial score (nSPS) is 14.3. The molecular formula is C97H201N7O20. The first-order valence-electron chi connectivity index (χ1n) is 46.7. The molecule has 0 fully saturated rings. The van der Waals surface area contributed by atoms with Crippen LogP contribution in [-0.4, -0.2) is 271 Å². The van der Waals surface area contributed by atoms with E-state index in [9.17, 15) is 44.4 Å². The van der Waals surface area contributed by atoms with E-state index in [4.69, 9.17) is 52.1 Å². The molecule has 0 aromatic carbocycles. The fourth-order valence-electron chi connectivity index (χ4n) is 10.1. The van der Waals surface area contributed by atoms with Crippen LogP contribution >= 0.6 is 0 Å². The molecule has 4 unspecified atom stereocenters. The van der Waals surface area contributed by atoms with E-state index in [1.165, 1.54) is 6.42 Å². The molecule has 0 aromatic rings. The molecule has 27 nitrogen and oxygen atoms in total. The SMILES string of the molecule is CC(C)(C)N[C@@H](COC(C)(C)C)C(=O)NCCCCC(CO)COC(C)(C)C.CC(C)(C)N[C@@H](COC(C)(C)C)C(=O)NCCCCOCCOCCC(CO)COC(C)(C)C.CC(C)(C)OCC(CO)CCCCNC(=O)C(C)(C)C.CC(C)(C)OCC(CO)COCCOCCCNC(=O)C(C)(C)C.CC(C)(C)OCCCCCCNC(=O)C(C)(C)C. The van der Waals surface area contributed by atoms with Gasteiger partial charge in [0, 0.05) is 130 Å². The van der Waals surface area contributed by atoms with Crippen LogP contribution in [0.5, 0.6) is 0 Å². The maximum atomic E-state index is 12.6. The number of carbonyl (C=O) groups is 5. The number of hydrogen-bond acceptors (Lipinski definition) is 22. The summed E-state index contributed by atoms with van der Waals surface area (Å²) in [4.78, 5) is 60.1. The zero-order valence-electron chi connectivity index (χ0n) is 86.7. The van der Waals surface area contributed by atoms with Gasteiger partial charge in [0.15, 0.2) is 0 Å². The van der Waals surface area contributed by atoms with E-state index in [2.05, 4.69) is 58.0 Å². The van der Waals surface area contributed by atoms with E-state index in [0.29, 0.717) is 119 Å². The summed E-state index contributed by atoms with van der Waals surface area (Å²) in [6.45, 7) is 83.4. The Morgan fingerprint density at radius 3 is 0.798 bits per heavy atom. The number of rotatable bonds is 57. The van der Waals surface area contributed by atoms with E-state index >= 15 is 0 Å². The van der Waals surface area contributed by atoms with Crippen LogP contribution in [0.4, 0.5) is 0 Å². The molecule has 0 bridgehead atoms. The van der Waals surface area contributed by atoms with Gasteiger partial charge in [0.2, 0.25) is 29.5 Å². The van der Waals surface area contributed by atoms with Crippen molar-refractivity contribution in [2.45, 2.75) is 402 Å². The number of unbranched alkanes of at least 4 members (excludes halogenated alkanes) is 6. The van der Waals surface area contributed by atoms with Gasteiger partial charge in [0.1, 0.15) is 12.1 Å². The van der Waals surface area contributed by atoms with E-state index < -0.39 is 6.04 Å². The lowest BCUT2D eigenvalue weighted by Gasteiger charge is -2.30. The molecule has 744 valence electrons. The van der Waals surface area contributed by atoms with Crippen molar-refractivity contribution in [1.82, 2.24) is 37.2 Å². The molecule has 6 atom stereocenters. The third-order valence-corrected chi connectivity index (χ3v) is 17.4. The average molecular weight is 1790 g/mol. The monoisotopic (exact) mass is 1780 g/mol. The molecule has 0 aliphatic rings. The zero-order valence-corrected chi connectivity index (χ0v) is 86.7. The van der Waals surface area contributed by atoms with Crippen LogP contribution < -0.4 is 37.2 Å². The first-order valence-corrected chi connectivity index (χ1v) is 46.7. The van der Waals surface area contributed by atoms with Crippen molar-refractivity contribution in [3.05, 3.63) is 0 Å². The summed E-state index contributed by atoms with van der Waals surface area (Å²) in [5.74, 6) is 0.615. The number of aliphatic hydroxyl groups excluding tert-OH is 4. The molecule has 0 rings (SSSR count). The molecular weight excluding hydrogens is 1580 g/mol. The predicted molar refractivity (Wildman–Crippen MR) is 507 cm³/mol. The molecule has 0 saturated heterocycles. The number of carbonyl (C=O) groups excluding carboxylic acids is 5. The van der Waals surface area contributed by atoms with Gasteiger partial charge < -0.3 is 99.1 Å². The van der Waals surface area contributed by atoms with Crippen LogP contribution in [0, 0.1) is 39.9 Å². The lowest BCUT2D eigenvalue weighted by atomic mass is 9.95. The molecule has 0 heterocycles. The molecule has 0 saturated carbocycles. The van der Waals surface area contributed by atoms with Gasteiger partial charge in [-0.3, -0.25) is 34.6 Å². The topological polar surface area (TPSA) is 352 Å². The van der Waals surface area contributed by atoms with Crippen molar-refractivity contribution in [1.29, 1.82) is 0 Å². The quantitative estimate of drug-likeness (QED) is 0.0252. The van der Waals surface area contributed by atoms with E-state index in [1.807, 2.05) is 228 Å². The summed E-state index contributed by atoms with van der Waals surface area (Å²) in [6.07, 6.45) is 13.3. The predicted octanol–water partition coefficient (Wildman–Crippen LogP) is 14.8. The third kappa shape index (κ3) is 96.2. The van der Waals surface area contributed by atoms with Crippen molar-refractivity contribution in [2.24, 2.45) is 39.9 Å². The molecule has 0 radical (unpaired) electrons. The van der Waals surface area contributed by atoms with Crippen molar-refractivity contribution in [3.8, 4) is 0 Å². The first kappa shape index (κ1) is 129. The second-order valence-corrected chi connectivity index (χ2v) is 44.9. The van der Waals surface area contributed by atoms with Gasteiger partial charge in [0.25, 0.3) is 0 Å². The molecule has 0 aromatic heterocycles. The number of hydrogen-bond donors (Lipinski definition) is 11. The molecule has 0 aliphatic carbocycles. The average Bonchev–Trinajstić information content (AvgIpc) is 0.888. The molecule has 11 N–H and O–H groups in total. The third-order valence-electron chi connectivity index (χ3n) is 17.4. The lowest BCUT2D eigenvalue weighted by Crippen LogP contribution is -2.54. The standard InChI is InChI=1S/C26H54N2O6.C22H46N2O4.C18H37NO5.C16H33NO3.C15H31NO2/c1-24(2,3)28-22(20-34-26(7,8)9)23(30)27-13-10-11-14-31-16-17-32-15-12-21(18-29)19-33-25(4,5)6;1-20(2,3)24-18(16-28-22(7,8)9)19(26)23-13-11-10-12-17(14-25)15-27-21(4,5)6;1-17(2,3)16(21)19-8-7-9-22-10-11-23-13-15(12-20)14-24-18(4,5)6;1-15(2,3)14(19)17-10-8-7-9-13(11-18)12-20-16(4,5)6;1-14(2,3)13(17)16-11-9-7-8-10-12-18-15(4,5)6/h21-22,28-29H,10-20H2,1-9H3,(H,27,30);17-18,24-25H,10-16H2,1-9H3,(H,23,26);15,20H,7-14H2,1-6H3,(H,19,21);13,18H,7-12H2,1-6H3,(H,17,19);7-12H2,1-6H3,(H,16,17)/t21?,22-;17?,18-;;;/m00.../s1. The maximum Gasteiger partial charge on any atom is 0.239 e. The smallest absolute Gasteiger partial charge is 0.239 e. The van der Waals surface area contributed by atoms with E-state index in [0.717, 1.165) is 96.6 Å². The Kier molecular flexibility index (Phi) is 70.6. The summed E-state index contributed by atoms with van der Waals surface area (Å²) < 4.78 is 62.3. The highest BCUT2D eigenvalue weighted by molar-refractivity contribution is 5.83. The van der Waals surface area contributed by atoms with Crippen molar-refractivity contribution in [2.75, 3.05) is 158 Å². The largest absolute Gasteiger partial charge is 0.396 e. The van der Waals surface area contributed by atoms with Crippen LogP contribution in [0.1, 0.15) is 339 Å². The summed E-state index contributed by atoms with van der Waals surface area (Å²) in [6, 6.07) is -0.775. The summed E-state index contributed by atoms with van der Waals surface area (Å²) in [7, 11) is 0. The second-order valence-electron chi connectivity index (χ2n) is 44.9. The Bertz CT molecular complexity index is 2610. The fourth-order valence-corrected chi connectivity index (χ4v) is 10.1. The Balaban J connectivity index is -0.000000484. The van der Waals surface area contributed by atoms with Gasteiger partial charge in [-0.05, 0) is 251 Å². The lowest BCUT2D eigenvalue weighted by molar-refractivity contribution is -0.129. The van der Waals surface area contributed by atoms with Crippen LogP contribution in [-0.2, 0) is 76.1 Å². The summed E-state index contributed by atoms with van der Waals surface area (Å²) in [5.41, 5.74) is -2.67.